The number of rotatable bonds is 2. The Morgan fingerprint density at radius 2 is 1.94 bits per heavy atom. The molecule has 92 valence electrons. The Morgan fingerprint density at radius 3 is 2.47 bits per heavy atom. The zero-order chi connectivity index (χ0) is 12.3. The van der Waals surface area contributed by atoms with Crippen LogP contribution < -0.4 is 5.73 Å². The number of hydrogen-bond donors (Lipinski definition) is 2. The van der Waals surface area contributed by atoms with Crippen molar-refractivity contribution in [3.8, 4) is 0 Å². The fourth-order valence-electron chi connectivity index (χ4n) is 2.50. The standard InChI is InChI=1S/C13H18N2O2/c14-11-7-10(13(16)17)8-15-12(11)9-5-3-1-2-4-6-9/h7-9H,1-6,14H2,(H,16,17). The van der Waals surface area contributed by atoms with Gasteiger partial charge in [-0.15, -0.1) is 0 Å². The van der Waals surface area contributed by atoms with Gasteiger partial charge < -0.3 is 10.8 Å². The molecule has 1 aliphatic rings. The summed E-state index contributed by atoms with van der Waals surface area (Å²) >= 11 is 0. The van der Waals surface area contributed by atoms with Gasteiger partial charge >= 0.3 is 5.97 Å². The number of nitrogen functional groups attached to an aromatic ring is 1. The monoisotopic (exact) mass is 234 g/mol. The van der Waals surface area contributed by atoms with Gasteiger partial charge in [-0.05, 0) is 18.9 Å². The lowest BCUT2D eigenvalue weighted by atomic mass is 9.94. The summed E-state index contributed by atoms with van der Waals surface area (Å²) in [5.74, 6) is -0.572. The van der Waals surface area contributed by atoms with Gasteiger partial charge in [-0.1, -0.05) is 25.7 Å². The maximum absolute atomic E-state index is 10.8. The van der Waals surface area contributed by atoms with Crippen LogP contribution in [0.4, 0.5) is 5.69 Å². The zero-order valence-electron chi connectivity index (χ0n) is 9.85. The summed E-state index contributed by atoms with van der Waals surface area (Å²) < 4.78 is 0. The van der Waals surface area contributed by atoms with Gasteiger partial charge in [0.1, 0.15) is 0 Å². The van der Waals surface area contributed by atoms with E-state index in [1.165, 1.54) is 37.9 Å². The molecule has 4 heteroatoms. The van der Waals surface area contributed by atoms with Crippen molar-refractivity contribution in [2.24, 2.45) is 0 Å². The number of nitrogens with zero attached hydrogens (tertiary/aromatic N) is 1. The molecule has 0 saturated heterocycles. The molecule has 2 rings (SSSR count). The summed E-state index contributed by atoms with van der Waals surface area (Å²) in [5, 5.41) is 8.86. The van der Waals surface area contributed by atoms with E-state index in [0.29, 0.717) is 11.6 Å². The van der Waals surface area contributed by atoms with E-state index in [0.717, 1.165) is 18.5 Å². The van der Waals surface area contributed by atoms with Crippen molar-refractivity contribution in [1.29, 1.82) is 0 Å². The lowest BCUT2D eigenvalue weighted by Gasteiger charge is -2.15. The predicted octanol–water partition coefficient (Wildman–Crippen LogP) is 2.80. The highest BCUT2D eigenvalue weighted by Gasteiger charge is 2.19. The van der Waals surface area contributed by atoms with Crippen molar-refractivity contribution in [1.82, 2.24) is 4.98 Å². The number of aromatic nitrogens is 1. The van der Waals surface area contributed by atoms with Gasteiger partial charge in [-0.2, -0.15) is 0 Å². The molecule has 0 unspecified atom stereocenters. The van der Waals surface area contributed by atoms with Crippen molar-refractivity contribution >= 4 is 11.7 Å². The predicted molar refractivity (Wildman–Crippen MR) is 66.1 cm³/mol. The lowest BCUT2D eigenvalue weighted by Crippen LogP contribution is -2.08. The molecule has 1 aromatic rings. The number of pyridine rings is 1. The van der Waals surface area contributed by atoms with Crippen LogP contribution in [0.25, 0.3) is 0 Å². The number of carbonyl (C=O) groups is 1. The normalized spacial score (nSPS) is 17.6. The summed E-state index contributed by atoms with van der Waals surface area (Å²) in [7, 11) is 0. The molecule has 4 nitrogen and oxygen atoms in total. The third-order valence-electron chi connectivity index (χ3n) is 3.44. The molecular formula is C13H18N2O2. The summed E-state index contributed by atoms with van der Waals surface area (Å²) in [6.45, 7) is 0. The van der Waals surface area contributed by atoms with Gasteiger partial charge in [0.05, 0.1) is 16.9 Å². The first-order chi connectivity index (χ1) is 8.18. The van der Waals surface area contributed by atoms with E-state index in [1.807, 2.05) is 0 Å². The minimum atomic E-state index is -0.975. The molecule has 0 radical (unpaired) electrons. The van der Waals surface area contributed by atoms with E-state index in [2.05, 4.69) is 4.98 Å². The average Bonchev–Trinajstić information content (AvgIpc) is 2.57. The summed E-state index contributed by atoms with van der Waals surface area (Å²) in [6.07, 6.45) is 8.64. The molecule has 0 spiro atoms. The van der Waals surface area contributed by atoms with Gasteiger partial charge in [-0.3, -0.25) is 4.98 Å². The first kappa shape index (κ1) is 11.9. The molecule has 1 aromatic heterocycles. The Morgan fingerprint density at radius 1 is 1.29 bits per heavy atom. The molecular weight excluding hydrogens is 216 g/mol. The summed E-state index contributed by atoms with van der Waals surface area (Å²) in [5.41, 5.74) is 7.49. The highest BCUT2D eigenvalue weighted by Crippen LogP contribution is 2.33. The number of nitrogens with two attached hydrogens (primary N) is 1. The minimum absolute atomic E-state index is 0.167. The fourth-order valence-corrected chi connectivity index (χ4v) is 2.50. The van der Waals surface area contributed by atoms with Crippen molar-refractivity contribution < 1.29 is 9.90 Å². The van der Waals surface area contributed by atoms with Crippen molar-refractivity contribution in [2.45, 2.75) is 44.4 Å². The third kappa shape index (κ3) is 2.75. The van der Waals surface area contributed by atoms with Gasteiger partial charge in [0.25, 0.3) is 0 Å². The fraction of sp³-hybridized carbons (Fsp3) is 0.538. The molecule has 0 atom stereocenters. The first-order valence-electron chi connectivity index (χ1n) is 6.17. The summed E-state index contributed by atoms with van der Waals surface area (Å²) in [6, 6.07) is 1.52. The van der Waals surface area contributed by atoms with Crippen molar-refractivity contribution in [2.75, 3.05) is 5.73 Å². The Bertz CT molecular complexity index is 410. The highest BCUT2D eigenvalue weighted by molar-refractivity contribution is 5.88. The summed E-state index contributed by atoms with van der Waals surface area (Å²) in [4.78, 5) is 15.1. The van der Waals surface area contributed by atoms with Gasteiger partial charge in [0, 0.05) is 12.1 Å². The van der Waals surface area contributed by atoms with Crippen LogP contribution in [-0.4, -0.2) is 16.1 Å². The lowest BCUT2D eigenvalue weighted by molar-refractivity contribution is 0.0696. The molecule has 1 aliphatic carbocycles. The van der Waals surface area contributed by atoms with E-state index in [4.69, 9.17) is 10.8 Å². The van der Waals surface area contributed by atoms with Crippen LogP contribution in [0.3, 0.4) is 0 Å². The number of aromatic carboxylic acids is 1. The van der Waals surface area contributed by atoms with E-state index in [9.17, 15) is 4.79 Å². The number of carboxylic acid groups (broad SMARTS) is 1. The average molecular weight is 234 g/mol. The van der Waals surface area contributed by atoms with E-state index in [1.54, 1.807) is 0 Å². The maximum Gasteiger partial charge on any atom is 0.337 e. The van der Waals surface area contributed by atoms with E-state index < -0.39 is 5.97 Å². The van der Waals surface area contributed by atoms with Crippen LogP contribution in [0, 0.1) is 0 Å². The third-order valence-corrected chi connectivity index (χ3v) is 3.44. The van der Waals surface area contributed by atoms with Crippen molar-refractivity contribution in [3.63, 3.8) is 0 Å². The number of carboxylic acids is 1. The smallest absolute Gasteiger partial charge is 0.337 e. The molecule has 1 heterocycles. The van der Waals surface area contributed by atoms with Crippen LogP contribution >= 0.6 is 0 Å². The van der Waals surface area contributed by atoms with Crippen LogP contribution in [0.2, 0.25) is 0 Å². The molecule has 0 amide bonds. The quantitative estimate of drug-likeness (QED) is 0.771. The molecule has 1 fully saturated rings. The van der Waals surface area contributed by atoms with Crippen LogP contribution in [0.1, 0.15) is 60.5 Å². The first-order valence-corrected chi connectivity index (χ1v) is 6.17. The Balaban J connectivity index is 2.22. The number of anilines is 1. The van der Waals surface area contributed by atoms with Gasteiger partial charge in [0.2, 0.25) is 0 Å². The zero-order valence-corrected chi connectivity index (χ0v) is 9.85. The largest absolute Gasteiger partial charge is 0.478 e. The molecule has 3 N–H and O–H groups in total. The van der Waals surface area contributed by atoms with Gasteiger partial charge in [0.15, 0.2) is 0 Å². The second-order valence-electron chi connectivity index (χ2n) is 4.69. The molecule has 0 bridgehead atoms. The SMILES string of the molecule is Nc1cc(C(=O)O)cnc1C1CCCCCC1. The second kappa shape index (κ2) is 5.17. The Labute approximate surface area is 101 Å². The molecule has 1 saturated carbocycles. The molecule has 0 aromatic carbocycles. The Kier molecular flexibility index (Phi) is 3.61. The topological polar surface area (TPSA) is 76.2 Å². The van der Waals surface area contributed by atoms with Crippen molar-refractivity contribution in [3.05, 3.63) is 23.5 Å². The van der Waals surface area contributed by atoms with Crippen LogP contribution in [0.15, 0.2) is 12.3 Å². The number of hydrogen-bond acceptors (Lipinski definition) is 3. The van der Waals surface area contributed by atoms with Crippen LogP contribution in [-0.2, 0) is 0 Å². The van der Waals surface area contributed by atoms with Crippen LogP contribution in [0.5, 0.6) is 0 Å². The molecule has 17 heavy (non-hydrogen) atoms. The second-order valence-corrected chi connectivity index (χ2v) is 4.69. The van der Waals surface area contributed by atoms with Gasteiger partial charge in [-0.25, -0.2) is 4.79 Å². The Hall–Kier alpha value is -1.58. The maximum atomic E-state index is 10.8. The van der Waals surface area contributed by atoms with E-state index >= 15 is 0 Å². The highest BCUT2D eigenvalue weighted by atomic mass is 16.4. The molecule has 0 aliphatic heterocycles. The minimum Gasteiger partial charge on any atom is -0.478 e. The van der Waals surface area contributed by atoms with E-state index in [-0.39, 0.29) is 5.56 Å².